The van der Waals surface area contributed by atoms with Gasteiger partial charge in [-0.2, -0.15) is 79.0 Å². The summed E-state index contributed by atoms with van der Waals surface area (Å²) in [5.41, 5.74) is -4.52. The lowest BCUT2D eigenvalue weighted by molar-refractivity contribution is -0.403. The van der Waals surface area contributed by atoms with E-state index in [1.54, 1.807) is 5.32 Å². The van der Waals surface area contributed by atoms with Crippen LogP contribution in [0.15, 0.2) is 0 Å². The fraction of sp³-hybridized carbons (Fsp3) is 0.889. The molecule has 0 saturated heterocycles. The van der Waals surface area contributed by atoms with Crippen molar-refractivity contribution in [1.82, 2.24) is 10.6 Å². The van der Waals surface area contributed by atoms with E-state index in [1.807, 2.05) is 0 Å². The van der Waals surface area contributed by atoms with Crippen molar-refractivity contribution in [1.29, 1.82) is 0 Å². The van der Waals surface area contributed by atoms with Crippen molar-refractivity contribution in [2.45, 2.75) is 92.0 Å². The van der Waals surface area contributed by atoms with Gasteiger partial charge in [-0.1, -0.05) is 12.8 Å². The molecule has 0 aromatic rings. The van der Waals surface area contributed by atoms with Crippen molar-refractivity contribution in [3.63, 3.8) is 0 Å². The molecule has 2 amide bonds. The van der Waals surface area contributed by atoms with Crippen LogP contribution in [0.25, 0.3) is 0 Å². The lowest BCUT2D eigenvalue weighted by atomic mass is 9.77. The zero-order valence-corrected chi connectivity index (χ0v) is 20.0. The lowest BCUT2D eigenvalue weighted by Crippen LogP contribution is -2.67. The predicted octanol–water partition coefficient (Wildman–Crippen LogP) is 7.54. The van der Waals surface area contributed by atoms with Gasteiger partial charge in [-0.05, 0) is 12.8 Å². The Morgan fingerprint density at radius 2 is 0.857 bits per heavy atom. The normalized spacial score (nSPS) is 15.0. The Labute approximate surface area is 221 Å². The van der Waals surface area contributed by atoms with Crippen molar-refractivity contribution in [2.75, 3.05) is 6.54 Å². The van der Waals surface area contributed by atoms with Crippen molar-refractivity contribution >= 4 is 12.2 Å². The summed E-state index contributed by atoms with van der Waals surface area (Å²) < 4.78 is 241. The van der Waals surface area contributed by atoms with Gasteiger partial charge in [-0.25, -0.2) is 9.59 Å². The molecule has 0 aromatic carbocycles. The van der Waals surface area contributed by atoms with E-state index in [1.165, 1.54) is 0 Å². The van der Waals surface area contributed by atoms with E-state index in [0.29, 0.717) is 5.32 Å². The lowest BCUT2D eigenvalue weighted by Gasteiger charge is -2.43. The average molecular weight is 668 g/mol. The molecule has 0 aliphatic heterocycles. The van der Waals surface area contributed by atoms with Gasteiger partial charge in [0.1, 0.15) is 0 Å². The quantitative estimate of drug-likeness (QED) is 0.107. The van der Waals surface area contributed by atoms with Gasteiger partial charge in [0.25, 0.3) is 0 Å². The monoisotopic (exact) mass is 668 g/mol. The van der Waals surface area contributed by atoms with Gasteiger partial charge in [0.2, 0.25) is 0 Å². The van der Waals surface area contributed by atoms with E-state index < -0.39 is 111 Å². The van der Waals surface area contributed by atoms with E-state index in [2.05, 4.69) is 0 Å². The van der Waals surface area contributed by atoms with E-state index in [4.69, 9.17) is 10.2 Å². The van der Waals surface area contributed by atoms with Gasteiger partial charge in [0.15, 0.2) is 0 Å². The summed E-state index contributed by atoms with van der Waals surface area (Å²) >= 11 is 0. The fourth-order valence-electron chi connectivity index (χ4n) is 3.46. The zero-order chi connectivity index (χ0) is 34.0. The summed E-state index contributed by atoms with van der Waals surface area (Å²) in [6.45, 7) is -0.577. The number of halogens is 18. The van der Waals surface area contributed by atoms with Crippen LogP contribution in [0.4, 0.5) is 88.6 Å². The molecule has 0 bridgehead atoms. The molecule has 0 saturated carbocycles. The van der Waals surface area contributed by atoms with Crippen LogP contribution in [0.1, 0.15) is 38.5 Å². The Morgan fingerprint density at radius 3 is 1.14 bits per heavy atom. The minimum atomic E-state index is -7.73. The van der Waals surface area contributed by atoms with Crippen LogP contribution in [0.2, 0.25) is 0 Å². The van der Waals surface area contributed by atoms with Crippen molar-refractivity contribution < 1.29 is 98.8 Å². The minimum absolute atomic E-state index is 0.467. The third kappa shape index (κ3) is 8.01. The molecule has 24 heteroatoms. The maximum atomic E-state index is 14.4. The predicted molar refractivity (Wildman–Crippen MR) is 99.4 cm³/mol. The summed E-state index contributed by atoms with van der Waals surface area (Å²) in [5, 5.41) is 19.3. The number of hydrogen-bond acceptors (Lipinski definition) is 2. The Kier molecular flexibility index (Phi) is 11.3. The van der Waals surface area contributed by atoms with Gasteiger partial charge in [-0.15, -0.1) is 0 Å². The SMILES string of the molecule is O=C(O)NCCCCCC(CC(F)(F)C(F)(F)C(F)(F)C(F)(F)F)(CC(F)(F)C(F)(F)C(F)(F)C(F)(F)F)NC(=O)O. The molecule has 0 aliphatic carbocycles. The summed E-state index contributed by atoms with van der Waals surface area (Å²) in [6.07, 6.45) is -31.4. The highest BCUT2D eigenvalue weighted by atomic mass is 19.4. The summed E-state index contributed by atoms with van der Waals surface area (Å²) in [4.78, 5) is 21.4. The van der Waals surface area contributed by atoms with E-state index >= 15 is 0 Å². The highest BCUT2D eigenvalue weighted by Gasteiger charge is 2.84. The van der Waals surface area contributed by atoms with Crippen LogP contribution in [0.5, 0.6) is 0 Å². The second-order valence-electron chi connectivity index (χ2n) is 8.81. The Hall–Kier alpha value is -2.72. The number of unbranched alkanes of at least 4 members (excludes halogenated alkanes) is 2. The van der Waals surface area contributed by atoms with Crippen molar-refractivity contribution in [3.8, 4) is 0 Å². The Bertz CT molecular complexity index is 896. The molecule has 0 spiro atoms. The topological polar surface area (TPSA) is 98.7 Å². The molecule has 250 valence electrons. The Morgan fingerprint density at radius 1 is 0.500 bits per heavy atom. The van der Waals surface area contributed by atoms with Gasteiger partial charge < -0.3 is 20.8 Å². The molecule has 6 nitrogen and oxygen atoms in total. The first-order chi connectivity index (χ1) is 18.2. The van der Waals surface area contributed by atoms with E-state index in [0.717, 1.165) is 0 Å². The van der Waals surface area contributed by atoms with E-state index in [9.17, 15) is 88.6 Å². The molecule has 0 rings (SSSR count). The van der Waals surface area contributed by atoms with Crippen LogP contribution in [-0.2, 0) is 0 Å². The first kappa shape index (κ1) is 39.3. The maximum absolute atomic E-state index is 14.4. The van der Waals surface area contributed by atoms with Crippen molar-refractivity contribution in [3.05, 3.63) is 0 Å². The van der Waals surface area contributed by atoms with Crippen LogP contribution in [0.3, 0.4) is 0 Å². The standard InChI is InChI=1S/C18H18F18N2O4/c19-11(20,13(23,24)15(27,28)17(31,32)33)6-10(38-9(41)42,4-2-1-3-5-37-8(39)40)7-12(21,22)14(25,26)16(29,30)18(34,35)36/h37-38H,1-7H2,(H,39,40)(H,41,42). The molecule has 0 fully saturated rings. The first-order valence-corrected chi connectivity index (χ1v) is 10.6. The third-order valence-electron chi connectivity index (χ3n) is 5.52. The van der Waals surface area contributed by atoms with Gasteiger partial charge in [0.05, 0.1) is 5.54 Å². The number of alkyl halides is 18. The number of hydrogen-bond donors (Lipinski definition) is 4. The van der Waals surface area contributed by atoms with Gasteiger partial charge >= 0.3 is 60.1 Å². The average Bonchev–Trinajstić information content (AvgIpc) is 2.72. The second-order valence-corrected chi connectivity index (χ2v) is 8.81. The smallest absolute Gasteiger partial charge is 0.460 e. The van der Waals surface area contributed by atoms with Crippen LogP contribution in [0, 0.1) is 0 Å². The molecule has 0 unspecified atom stereocenters. The van der Waals surface area contributed by atoms with E-state index in [-0.39, 0.29) is 0 Å². The number of nitrogens with one attached hydrogen (secondary N) is 2. The largest absolute Gasteiger partial charge is 0.465 e. The Balaban J connectivity index is 6.97. The number of amides is 2. The van der Waals surface area contributed by atoms with Crippen LogP contribution >= 0.6 is 0 Å². The van der Waals surface area contributed by atoms with Gasteiger partial charge in [0, 0.05) is 19.4 Å². The molecule has 0 heterocycles. The number of carboxylic acid groups (broad SMARTS) is 2. The molecule has 0 atom stereocenters. The fourth-order valence-corrected chi connectivity index (χ4v) is 3.46. The minimum Gasteiger partial charge on any atom is -0.465 e. The number of rotatable bonds is 15. The van der Waals surface area contributed by atoms with Crippen LogP contribution in [-0.4, -0.2) is 82.4 Å². The van der Waals surface area contributed by atoms with Gasteiger partial charge in [-0.3, -0.25) is 0 Å². The number of carbonyl (C=O) groups is 2. The highest BCUT2D eigenvalue weighted by molar-refractivity contribution is 5.65. The summed E-state index contributed by atoms with van der Waals surface area (Å²) in [5.74, 6) is -44.8. The second kappa shape index (κ2) is 12.1. The molecule has 4 N–H and O–H groups in total. The third-order valence-corrected chi connectivity index (χ3v) is 5.52. The zero-order valence-electron chi connectivity index (χ0n) is 20.0. The molecule has 42 heavy (non-hydrogen) atoms. The summed E-state index contributed by atoms with van der Waals surface area (Å²) in [7, 11) is 0. The maximum Gasteiger partial charge on any atom is 0.460 e. The molecular weight excluding hydrogens is 650 g/mol. The molecule has 0 aromatic heterocycles. The molecule has 0 radical (unpaired) electrons. The molecular formula is C18H18F18N2O4. The summed E-state index contributed by atoms with van der Waals surface area (Å²) in [6, 6.07) is 0. The molecule has 0 aliphatic rings. The van der Waals surface area contributed by atoms with Crippen molar-refractivity contribution in [2.24, 2.45) is 0 Å². The first-order valence-electron chi connectivity index (χ1n) is 10.6. The highest BCUT2D eigenvalue weighted by Crippen LogP contribution is 2.58. The van der Waals surface area contributed by atoms with Crippen LogP contribution < -0.4 is 10.6 Å².